The molecule has 104 valence electrons. The molecule has 1 amide bonds. The van der Waals surface area contributed by atoms with Crippen LogP contribution in [0.2, 0.25) is 0 Å². The highest BCUT2D eigenvalue weighted by Gasteiger charge is 2.28. The van der Waals surface area contributed by atoms with Crippen molar-refractivity contribution in [3.63, 3.8) is 0 Å². The summed E-state index contributed by atoms with van der Waals surface area (Å²) in [5.74, 6) is -0.113. The van der Waals surface area contributed by atoms with Crippen molar-refractivity contribution >= 4 is 33.2 Å². The molecular formula is C13H18BrN3O2. The number of anilines is 2. The predicted molar refractivity (Wildman–Crippen MR) is 79.5 cm³/mol. The smallest absolute Gasteiger partial charge is 0.241 e. The van der Waals surface area contributed by atoms with E-state index in [0.29, 0.717) is 13.0 Å². The van der Waals surface area contributed by atoms with Gasteiger partial charge in [0.05, 0.1) is 23.5 Å². The molecule has 1 aliphatic rings. The average Bonchev–Trinajstić information content (AvgIpc) is 2.75. The summed E-state index contributed by atoms with van der Waals surface area (Å²) in [6.45, 7) is 0.469. The first-order valence-electron chi connectivity index (χ1n) is 6.16. The second kappa shape index (κ2) is 5.90. The van der Waals surface area contributed by atoms with Crippen LogP contribution >= 0.6 is 15.9 Å². The van der Waals surface area contributed by atoms with Crippen molar-refractivity contribution < 1.29 is 9.90 Å². The lowest BCUT2D eigenvalue weighted by Crippen LogP contribution is -2.35. The van der Waals surface area contributed by atoms with E-state index >= 15 is 0 Å². The first kappa shape index (κ1) is 14.3. The third-order valence-corrected chi connectivity index (χ3v) is 3.62. The molecule has 0 radical (unpaired) electrons. The summed E-state index contributed by atoms with van der Waals surface area (Å²) < 4.78 is 0.910. The summed E-state index contributed by atoms with van der Waals surface area (Å²) in [5.41, 5.74) is 1.70. The van der Waals surface area contributed by atoms with Crippen molar-refractivity contribution in [2.75, 3.05) is 30.9 Å². The Hall–Kier alpha value is -1.11. The minimum Gasteiger partial charge on any atom is -0.392 e. The van der Waals surface area contributed by atoms with E-state index in [9.17, 15) is 9.90 Å². The van der Waals surface area contributed by atoms with Crippen LogP contribution in [0, 0.1) is 0 Å². The third kappa shape index (κ3) is 3.46. The van der Waals surface area contributed by atoms with Crippen LogP contribution in [0.25, 0.3) is 0 Å². The highest BCUT2D eigenvalue weighted by Crippen LogP contribution is 2.28. The minimum atomic E-state index is -0.438. The van der Waals surface area contributed by atoms with E-state index in [1.807, 2.05) is 37.2 Å². The van der Waals surface area contributed by atoms with Crippen LogP contribution in [0.3, 0.4) is 0 Å². The van der Waals surface area contributed by atoms with Gasteiger partial charge in [0.1, 0.15) is 0 Å². The molecule has 2 unspecified atom stereocenters. The maximum atomic E-state index is 12.1. The Labute approximate surface area is 121 Å². The van der Waals surface area contributed by atoms with Crippen LogP contribution in [0.15, 0.2) is 22.7 Å². The van der Waals surface area contributed by atoms with E-state index in [-0.39, 0.29) is 11.9 Å². The summed E-state index contributed by atoms with van der Waals surface area (Å²) in [4.78, 5) is 14.1. The first-order chi connectivity index (χ1) is 8.97. The molecule has 5 nitrogen and oxygen atoms in total. The molecule has 19 heavy (non-hydrogen) atoms. The van der Waals surface area contributed by atoms with Gasteiger partial charge in [0.2, 0.25) is 5.91 Å². The lowest BCUT2D eigenvalue weighted by Gasteiger charge is -2.19. The predicted octanol–water partition coefficient (Wildman–Crippen LogP) is 1.18. The number of nitrogens with one attached hydrogen (secondary N) is 2. The van der Waals surface area contributed by atoms with Gasteiger partial charge in [-0.3, -0.25) is 4.79 Å². The zero-order valence-corrected chi connectivity index (χ0v) is 12.6. The van der Waals surface area contributed by atoms with Gasteiger partial charge in [-0.1, -0.05) is 15.9 Å². The lowest BCUT2D eigenvalue weighted by molar-refractivity contribution is -0.117. The number of aliphatic hydroxyl groups excluding tert-OH is 1. The normalized spacial score (nSPS) is 22.3. The summed E-state index contributed by atoms with van der Waals surface area (Å²) in [7, 11) is 3.85. The third-order valence-electron chi connectivity index (χ3n) is 3.12. The quantitative estimate of drug-likeness (QED) is 0.780. The van der Waals surface area contributed by atoms with E-state index in [2.05, 4.69) is 26.6 Å². The molecule has 1 saturated heterocycles. The number of β-amino-alcohol motifs (C(OH)–C–C–N with tert-alkyl or cyclic N) is 1. The lowest BCUT2D eigenvalue weighted by atomic mass is 10.2. The zero-order valence-electron chi connectivity index (χ0n) is 11.0. The SMILES string of the molecule is CN(C)c1ccc(Br)cc1NC(=O)C1CC(O)CN1. The number of nitrogens with zero attached hydrogens (tertiary/aromatic N) is 1. The number of carbonyl (C=O) groups excluding carboxylic acids is 1. The number of hydrogen-bond acceptors (Lipinski definition) is 4. The molecule has 2 atom stereocenters. The Balaban J connectivity index is 2.14. The second-order valence-corrected chi connectivity index (χ2v) is 5.81. The van der Waals surface area contributed by atoms with Gasteiger partial charge in [0.25, 0.3) is 0 Å². The van der Waals surface area contributed by atoms with Crippen molar-refractivity contribution in [2.24, 2.45) is 0 Å². The number of aliphatic hydroxyl groups is 1. The molecule has 0 saturated carbocycles. The van der Waals surface area contributed by atoms with E-state index in [4.69, 9.17) is 0 Å². The van der Waals surface area contributed by atoms with E-state index in [1.165, 1.54) is 0 Å². The Bertz CT molecular complexity index is 479. The van der Waals surface area contributed by atoms with Gasteiger partial charge in [-0.05, 0) is 24.6 Å². The summed E-state index contributed by atoms with van der Waals surface area (Å²) in [6.07, 6.45) is 0.0171. The number of rotatable bonds is 3. The number of benzene rings is 1. The van der Waals surface area contributed by atoms with Crippen molar-refractivity contribution in [2.45, 2.75) is 18.6 Å². The second-order valence-electron chi connectivity index (χ2n) is 4.90. The van der Waals surface area contributed by atoms with Crippen LogP contribution in [0.5, 0.6) is 0 Å². The van der Waals surface area contributed by atoms with Crippen LogP contribution < -0.4 is 15.5 Å². The van der Waals surface area contributed by atoms with E-state index in [1.54, 1.807) is 0 Å². The van der Waals surface area contributed by atoms with Crippen molar-refractivity contribution in [1.82, 2.24) is 5.32 Å². The zero-order chi connectivity index (χ0) is 14.0. The Morgan fingerprint density at radius 1 is 1.53 bits per heavy atom. The molecule has 0 spiro atoms. The molecule has 1 aliphatic heterocycles. The molecule has 0 bridgehead atoms. The molecule has 1 fully saturated rings. The fourth-order valence-corrected chi connectivity index (χ4v) is 2.50. The van der Waals surface area contributed by atoms with Gasteiger partial charge in [0.15, 0.2) is 0 Å². The van der Waals surface area contributed by atoms with Gasteiger partial charge in [-0.2, -0.15) is 0 Å². The maximum Gasteiger partial charge on any atom is 0.241 e. The van der Waals surface area contributed by atoms with Crippen molar-refractivity contribution in [3.05, 3.63) is 22.7 Å². The van der Waals surface area contributed by atoms with Crippen LogP contribution in [0.4, 0.5) is 11.4 Å². The molecular weight excluding hydrogens is 310 g/mol. The standard InChI is InChI=1S/C13H18BrN3O2/c1-17(2)12-4-3-8(14)5-10(12)16-13(19)11-6-9(18)7-15-11/h3-5,9,11,15,18H,6-7H2,1-2H3,(H,16,19). The van der Waals surface area contributed by atoms with Crippen molar-refractivity contribution in [3.8, 4) is 0 Å². The molecule has 0 aliphatic carbocycles. The topological polar surface area (TPSA) is 64.6 Å². The van der Waals surface area contributed by atoms with Gasteiger partial charge < -0.3 is 20.6 Å². The van der Waals surface area contributed by atoms with Crippen LogP contribution in [0.1, 0.15) is 6.42 Å². The molecule has 6 heteroatoms. The fourth-order valence-electron chi connectivity index (χ4n) is 2.13. The van der Waals surface area contributed by atoms with Gasteiger partial charge in [0, 0.05) is 25.1 Å². The Morgan fingerprint density at radius 2 is 2.26 bits per heavy atom. The number of carbonyl (C=O) groups is 1. The number of hydrogen-bond donors (Lipinski definition) is 3. The molecule has 3 N–H and O–H groups in total. The molecule has 1 heterocycles. The van der Waals surface area contributed by atoms with Gasteiger partial charge in [-0.15, -0.1) is 0 Å². The Kier molecular flexibility index (Phi) is 4.44. The van der Waals surface area contributed by atoms with Gasteiger partial charge >= 0.3 is 0 Å². The molecule has 0 aromatic heterocycles. The first-order valence-corrected chi connectivity index (χ1v) is 6.96. The maximum absolute atomic E-state index is 12.1. The number of halogens is 1. The summed E-state index contributed by atoms with van der Waals surface area (Å²) in [5, 5.41) is 15.4. The van der Waals surface area contributed by atoms with E-state index < -0.39 is 6.10 Å². The largest absolute Gasteiger partial charge is 0.392 e. The van der Waals surface area contributed by atoms with Gasteiger partial charge in [-0.25, -0.2) is 0 Å². The molecule has 1 aromatic rings. The average molecular weight is 328 g/mol. The van der Waals surface area contributed by atoms with Crippen LogP contribution in [-0.4, -0.2) is 43.8 Å². The highest BCUT2D eigenvalue weighted by atomic mass is 79.9. The highest BCUT2D eigenvalue weighted by molar-refractivity contribution is 9.10. The summed E-state index contributed by atoms with van der Waals surface area (Å²) >= 11 is 3.40. The van der Waals surface area contributed by atoms with Crippen LogP contribution in [-0.2, 0) is 4.79 Å². The van der Waals surface area contributed by atoms with E-state index in [0.717, 1.165) is 15.8 Å². The number of amides is 1. The molecule has 2 rings (SSSR count). The monoisotopic (exact) mass is 327 g/mol. The minimum absolute atomic E-state index is 0.113. The summed E-state index contributed by atoms with van der Waals surface area (Å²) in [6, 6.07) is 5.42. The Morgan fingerprint density at radius 3 is 2.84 bits per heavy atom. The fraction of sp³-hybridized carbons (Fsp3) is 0.462. The van der Waals surface area contributed by atoms with Crippen molar-refractivity contribution in [1.29, 1.82) is 0 Å². The molecule has 1 aromatic carbocycles.